The number of carbonyl (C=O) groups excluding carboxylic acids is 1. The van der Waals surface area contributed by atoms with Crippen LogP contribution in [0.25, 0.3) is 0 Å². The van der Waals surface area contributed by atoms with Gasteiger partial charge in [-0.3, -0.25) is 4.79 Å². The number of benzene rings is 1. The van der Waals surface area contributed by atoms with Crippen molar-refractivity contribution < 1.29 is 15.0 Å². The lowest BCUT2D eigenvalue weighted by Gasteiger charge is -2.28. The Labute approximate surface area is 113 Å². The second-order valence-electron chi connectivity index (χ2n) is 5.40. The number of phenols is 2. The molecule has 0 bridgehead atoms. The fraction of sp³-hybridized carbons (Fsp3) is 0.533. The van der Waals surface area contributed by atoms with Gasteiger partial charge in [0.25, 0.3) is 5.91 Å². The third kappa shape index (κ3) is 3.63. The van der Waals surface area contributed by atoms with E-state index in [0.717, 1.165) is 12.8 Å². The maximum absolute atomic E-state index is 12.1. The Morgan fingerprint density at radius 3 is 2.32 bits per heavy atom. The number of amides is 1. The molecule has 4 nitrogen and oxygen atoms in total. The van der Waals surface area contributed by atoms with Crippen LogP contribution in [0.4, 0.5) is 0 Å². The van der Waals surface area contributed by atoms with Gasteiger partial charge in [0, 0.05) is 17.7 Å². The summed E-state index contributed by atoms with van der Waals surface area (Å²) >= 11 is 0. The highest BCUT2D eigenvalue weighted by atomic mass is 16.3. The molecule has 1 aromatic carbocycles. The minimum atomic E-state index is -0.246. The maximum Gasteiger partial charge on any atom is 0.251 e. The van der Waals surface area contributed by atoms with Crippen LogP contribution in [0.2, 0.25) is 0 Å². The second-order valence-corrected chi connectivity index (χ2v) is 5.40. The average molecular weight is 263 g/mol. The molecule has 1 fully saturated rings. The first kappa shape index (κ1) is 13.7. The van der Waals surface area contributed by atoms with Gasteiger partial charge in [-0.25, -0.2) is 0 Å². The predicted octanol–water partition coefficient (Wildman–Crippen LogP) is 2.80. The van der Waals surface area contributed by atoms with Crippen molar-refractivity contribution in [2.24, 2.45) is 5.92 Å². The smallest absolute Gasteiger partial charge is 0.251 e. The Morgan fingerprint density at radius 2 is 1.74 bits per heavy atom. The second kappa shape index (κ2) is 5.95. The molecule has 1 amide bonds. The van der Waals surface area contributed by atoms with Gasteiger partial charge in [0.05, 0.1) is 0 Å². The summed E-state index contributed by atoms with van der Waals surface area (Å²) < 4.78 is 0. The monoisotopic (exact) mass is 263 g/mol. The number of rotatable bonds is 3. The molecule has 1 saturated carbocycles. The molecule has 2 rings (SSSR count). The van der Waals surface area contributed by atoms with Crippen molar-refractivity contribution in [1.82, 2.24) is 5.32 Å². The molecule has 1 aliphatic carbocycles. The van der Waals surface area contributed by atoms with Gasteiger partial charge in [-0.15, -0.1) is 0 Å². The van der Waals surface area contributed by atoms with Gasteiger partial charge in [-0.1, -0.05) is 19.3 Å². The highest BCUT2D eigenvalue weighted by Gasteiger charge is 2.22. The van der Waals surface area contributed by atoms with E-state index in [0.29, 0.717) is 11.5 Å². The van der Waals surface area contributed by atoms with E-state index < -0.39 is 0 Å². The highest BCUT2D eigenvalue weighted by Crippen LogP contribution is 2.27. The zero-order valence-electron chi connectivity index (χ0n) is 11.2. The summed E-state index contributed by atoms with van der Waals surface area (Å²) in [6.07, 6.45) is 6.08. The SMILES string of the molecule is CC(NC(=O)c1cc(O)cc(O)c1)C1CCCCC1. The van der Waals surface area contributed by atoms with Crippen LogP contribution in [0, 0.1) is 5.92 Å². The normalized spacial score (nSPS) is 17.9. The Balaban J connectivity index is 1.99. The zero-order chi connectivity index (χ0) is 13.8. The van der Waals surface area contributed by atoms with Crippen LogP contribution >= 0.6 is 0 Å². The molecule has 1 unspecified atom stereocenters. The summed E-state index contributed by atoms with van der Waals surface area (Å²) in [5.74, 6) is 0.0822. The van der Waals surface area contributed by atoms with Crippen molar-refractivity contribution in [3.8, 4) is 11.5 Å². The van der Waals surface area contributed by atoms with Crippen molar-refractivity contribution in [1.29, 1.82) is 0 Å². The third-order valence-electron chi connectivity index (χ3n) is 3.88. The molecule has 0 saturated heterocycles. The molecule has 0 aliphatic heterocycles. The van der Waals surface area contributed by atoms with Gasteiger partial charge in [-0.2, -0.15) is 0 Å². The number of hydrogen-bond donors (Lipinski definition) is 3. The highest BCUT2D eigenvalue weighted by molar-refractivity contribution is 5.95. The van der Waals surface area contributed by atoms with Gasteiger partial charge in [0.15, 0.2) is 0 Å². The molecule has 3 N–H and O–H groups in total. The summed E-state index contributed by atoms with van der Waals surface area (Å²) in [5, 5.41) is 21.7. The Kier molecular flexibility index (Phi) is 4.30. The van der Waals surface area contributed by atoms with Crippen molar-refractivity contribution in [3.05, 3.63) is 23.8 Å². The Hall–Kier alpha value is -1.71. The summed E-state index contributed by atoms with van der Waals surface area (Å²) in [4.78, 5) is 12.1. The van der Waals surface area contributed by atoms with Crippen molar-refractivity contribution >= 4 is 5.91 Å². The minimum absolute atomic E-state index is 0.101. The molecule has 19 heavy (non-hydrogen) atoms. The van der Waals surface area contributed by atoms with Crippen LogP contribution in [0.1, 0.15) is 49.4 Å². The molecule has 1 aromatic rings. The summed E-state index contributed by atoms with van der Waals surface area (Å²) in [6, 6.07) is 4.06. The van der Waals surface area contributed by atoms with E-state index in [1.165, 1.54) is 37.5 Å². The van der Waals surface area contributed by atoms with Crippen LogP contribution in [0.15, 0.2) is 18.2 Å². The van der Waals surface area contributed by atoms with Crippen LogP contribution in [0.5, 0.6) is 11.5 Å². The van der Waals surface area contributed by atoms with E-state index >= 15 is 0 Å². The largest absolute Gasteiger partial charge is 0.508 e. The molecule has 0 aromatic heterocycles. The predicted molar refractivity (Wildman–Crippen MR) is 73.3 cm³/mol. The quantitative estimate of drug-likeness (QED) is 0.785. The Morgan fingerprint density at radius 1 is 1.16 bits per heavy atom. The summed E-state index contributed by atoms with van der Waals surface area (Å²) in [5.41, 5.74) is 0.292. The lowest BCUT2D eigenvalue weighted by molar-refractivity contribution is 0.0918. The van der Waals surface area contributed by atoms with Crippen LogP contribution in [-0.4, -0.2) is 22.2 Å². The topological polar surface area (TPSA) is 69.6 Å². The number of phenolic OH excluding ortho intramolecular Hbond substituents is 2. The van der Waals surface area contributed by atoms with Gasteiger partial charge < -0.3 is 15.5 Å². The van der Waals surface area contributed by atoms with Gasteiger partial charge in [0.1, 0.15) is 11.5 Å². The fourth-order valence-electron chi connectivity index (χ4n) is 2.77. The van der Waals surface area contributed by atoms with E-state index in [1.54, 1.807) is 0 Å². The van der Waals surface area contributed by atoms with Crippen LogP contribution < -0.4 is 5.32 Å². The molecule has 0 heterocycles. The first-order valence-corrected chi connectivity index (χ1v) is 6.90. The zero-order valence-corrected chi connectivity index (χ0v) is 11.2. The molecule has 0 spiro atoms. The number of nitrogens with one attached hydrogen (secondary N) is 1. The molecule has 4 heteroatoms. The maximum atomic E-state index is 12.1. The number of carbonyl (C=O) groups is 1. The number of aromatic hydroxyl groups is 2. The van der Waals surface area contributed by atoms with Gasteiger partial charge in [0.2, 0.25) is 0 Å². The first-order valence-electron chi connectivity index (χ1n) is 6.90. The van der Waals surface area contributed by atoms with Crippen molar-refractivity contribution in [2.45, 2.75) is 45.1 Å². The summed E-state index contributed by atoms with van der Waals surface area (Å²) in [6.45, 7) is 2.02. The fourth-order valence-corrected chi connectivity index (χ4v) is 2.77. The molecule has 1 atom stereocenters. The average Bonchev–Trinajstić information content (AvgIpc) is 2.38. The van der Waals surface area contributed by atoms with E-state index in [-0.39, 0.29) is 23.4 Å². The van der Waals surface area contributed by atoms with E-state index in [1.807, 2.05) is 6.92 Å². The van der Waals surface area contributed by atoms with Crippen LogP contribution in [-0.2, 0) is 0 Å². The first-order chi connectivity index (χ1) is 9.06. The third-order valence-corrected chi connectivity index (χ3v) is 3.88. The molecule has 0 radical (unpaired) electrons. The lowest BCUT2D eigenvalue weighted by atomic mass is 9.84. The Bertz CT molecular complexity index is 432. The summed E-state index contributed by atoms with van der Waals surface area (Å²) in [7, 11) is 0. The van der Waals surface area contributed by atoms with Crippen molar-refractivity contribution in [3.63, 3.8) is 0 Å². The molecular weight excluding hydrogens is 242 g/mol. The van der Waals surface area contributed by atoms with Crippen molar-refractivity contribution in [2.75, 3.05) is 0 Å². The van der Waals surface area contributed by atoms with Crippen LogP contribution in [0.3, 0.4) is 0 Å². The molecular formula is C15H21NO3. The van der Waals surface area contributed by atoms with E-state index in [2.05, 4.69) is 5.32 Å². The lowest BCUT2D eigenvalue weighted by Crippen LogP contribution is -2.38. The van der Waals surface area contributed by atoms with Gasteiger partial charge in [-0.05, 0) is 37.8 Å². The molecule has 104 valence electrons. The number of hydrogen-bond acceptors (Lipinski definition) is 3. The van der Waals surface area contributed by atoms with E-state index in [9.17, 15) is 15.0 Å². The minimum Gasteiger partial charge on any atom is -0.508 e. The van der Waals surface area contributed by atoms with E-state index in [4.69, 9.17) is 0 Å². The molecule has 1 aliphatic rings. The standard InChI is InChI=1S/C15H21NO3/c1-10(11-5-3-2-4-6-11)16-15(19)12-7-13(17)9-14(18)8-12/h7-11,17-18H,2-6H2,1H3,(H,16,19). The van der Waals surface area contributed by atoms with Gasteiger partial charge >= 0.3 is 0 Å².